The molecule has 0 saturated carbocycles. The maximum absolute atomic E-state index is 13.7. The Morgan fingerprint density at radius 2 is 2.04 bits per heavy atom. The number of benzene rings is 1. The summed E-state index contributed by atoms with van der Waals surface area (Å²) >= 11 is 2.94. The van der Waals surface area contributed by atoms with Gasteiger partial charge >= 0.3 is 0 Å². The van der Waals surface area contributed by atoms with Crippen LogP contribution in [0.1, 0.15) is 5.69 Å². The van der Waals surface area contributed by atoms with Gasteiger partial charge in [0, 0.05) is 24.4 Å². The predicted octanol–water partition coefficient (Wildman–Crippen LogP) is 3.32. The van der Waals surface area contributed by atoms with Crippen molar-refractivity contribution >= 4 is 37.7 Å². The molecule has 0 spiro atoms. The predicted molar refractivity (Wildman–Crippen MR) is 99.4 cm³/mol. The summed E-state index contributed by atoms with van der Waals surface area (Å²) in [7, 11) is -4.08. The van der Waals surface area contributed by atoms with E-state index in [4.69, 9.17) is 0 Å². The fourth-order valence-corrected chi connectivity index (χ4v) is 5.09. The summed E-state index contributed by atoms with van der Waals surface area (Å²) in [5.74, 6) is -1.34. The van der Waals surface area contributed by atoms with Crippen molar-refractivity contribution in [2.45, 2.75) is 11.3 Å². The van der Waals surface area contributed by atoms with E-state index in [1.165, 1.54) is 22.7 Å². The highest BCUT2D eigenvalue weighted by molar-refractivity contribution is 7.89. The summed E-state index contributed by atoms with van der Waals surface area (Å²) in [5.41, 5.74) is 0.785. The Morgan fingerprint density at radius 3 is 2.78 bits per heavy atom. The molecular weight excluding hydrogens is 414 g/mol. The minimum Gasteiger partial charge on any atom is -0.211 e. The van der Waals surface area contributed by atoms with Crippen LogP contribution in [0.3, 0.4) is 0 Å². The van der Waals surface area contributed by atoms with Crippen LogP contribution in [0.4, 0.5) is 8.78 Å². The van der Waals surface area contributed by atoms with Gasteiger partial charge in [-0.1, -0.05) is 6.07 Å². The fraction of sp³-hybridized carbons (Fsp3) is 0.125. The number of fused-ring (bicyclic) bond motifs is 1. The van der Waals surface area contributed by atoms with Crippen LogP contribution in [-0.2, 0) is 16.4 Å². The van der Waals surface area contributed by atoms with Gasteiger partial charge in [0.05, 0.1) is 10.6 Å². The Labute approximate surface area is 161 Å². The van der Waals surface area contributed by atoms with E-state index in [1.807, 2.05) is 22.9 Å². The molecule has 0 bridgehead atoms. The lowest BCUT2D eigenvalue weighted by molar-refractivity contribution is 0.543. The number of thiophene rings is 1. The molecule has 0 fully saturated rings. The summed E-state index contributed by atoms with van der Waals surface area (Å²) in [5, 5.41) is 8.25. The van der Waals surface area contributed by atoms with Gasteiger partial charge in [-0.2, -0.15) is 4.98 Å². The highest BCUT2D eigenvalue weighted by Gasteiger charge is 2.19. The van der Waals surface area contributed by atoms with Crippen molar-refractivity contribution in [1.29, 1.82) is 0 Å². The Kier molecular flexibility index (Phi) is 4.76. The molecule has 0 aliphatic carbocycles. The number of rotatable bonds is 6. The molecule has 3 heterocycles. The average Bonchev–Trinajstić information content (AvgIpc) is 3.31. The van der Waals surface area contributed by atoms with E-state index in [0.29, 0.717) is 23.3 Å². The van der Waals surface area contributed by atoms with Gasteiger partial charge in [0.15, 0.2) is 5.82 Å². The molecule has 140 valence electrons. The molecule has 0 radical (unpaired) electrons. The van der Waals surface area contributed by atoms with Crippen molar-refractivity contribution in [2.75, 3.05) is 6.54 Å². The summed E-state index contributed by atoms with van der Waals surface area (Å²) in [6, 6.07) is 6.19. The zero-order valence-corrected chi connectivity index (χ0v) is 16.0. The highest BCUT2D eigenvalue weighted by Crippen LogP contribution is 2.24. The van der Waals surface area contributed by atoms with Gasteiger partial charge < -0.3 is 0 Å². The Morgan fingerprint density at radius 1 is 1.19 bits per heavy atom. The number of halogens is 2. The second-order valence-electron chi connectivity index (χ2n) is 5.56. The summed E-state index contributed by atoms with van der Waals surface area (Å²) in [6.07, 6.45) is 0.343. The molecule has 27 heavy (non-hydrogen) atoms. The molecule has 0 saturated heterocycles. The third-order valence-electron chi connectivity index (χ3n) is 3.75. The first-order valence-corrected chi connectivity index (χ1v) is 11.0. The molecule has 1 aromatic carbocycles. The Balaban J connectivity index is 1.49. The third-order valence-corrected chi connectivity index (χ3v) is 6.97. The van der Waals surface area contributed by atoms with Crippen LogP contribution in [0.5, 0.6) is 0 Å². The maximum Gasteiger partial charge on any atom is 0.243 e. The average molecular weight is 426 g/mol. The van der Waals surface area contributed by atoms with Crippen LogP contribution in [0.15, 0.2) is 46.0 Å². The monoisotopic (exact) mass is 426 g/mol. The Hall–Kier alpha value is -2.21. The zero-order valence-electron chi connectivity index (χ0n) is 13.6. The first kappa shape index (κ1) is 18.2. The van der Waals surface area contributed by atoms with Crippen molar-refractivity contribution in [3.63, 3.8) is 0 Å². The minimum atomic E-state index is -4.08. The summed E-state index contributed by atoms with van der Waals surface area (Å²) < 4.78 is 55.1. The van der Waals surface area contributed by atoms with Crippen molar-refractivity contribution in [2.24, 2.45) is 0 Å². The van der Waals surface area contributed by atoms with Crippen LogP contribution in [-0.4, -0.2) is 29.6 Å². The van der Waals surface area contributed by atoms with Crippen LogP contribution in [0, 0.1) is 11.6 Å². The lowest BCUT2D eigenvalue weighted by Crippen LogP contribution is -2.27. The number of hydrogen-bond acceptors (Lipinski definition) is 6. The minimum absolute atomic E-state index is 0.0409. The molecule has 0 aliphatic rings. The Bertz CT molecular complexity index is 1200. The molecule has 1 N–H and O–H groups in total. The molecule has 0 aliphatic heterocycles. The van der Waals surface area contributed by atoms with Crippen LogP contribution in [0.2, 0.25) is 0 Å². The number of nitrogens with zero attached hydrogens (tertiary/aromatic N) is 3. The van der Waals surface area contributed by atoms with Crippen molar-refractivity contribution in [3.05, 3.63) is 58.4 Å². The van der Waals surface area contributed by atoms with Gasteiger partial charge in [0.1, 0.15) is 16.5 Å². The SMILES string of the molecule is O=S(=O)(NCCc1csc2nc(-c3cccs3)nn12)c1ccc(F)cc1F. The topological polar surface area (TPSA) is 76.4 Å². The van der Waals surface area contributed by atoms with Gasteiger partial charge in [-0.05, 0) is 23.6 Å². The van der Waals surface area contributed by atoms with Crippen molar-refractivity contribution in [3.8, 4) is 10.7 Å². The lowest BCUT2D eigenvalue weighted by atomic mass is 10.3. The molecule has 0 amide bonds. The van der Waals surface area contributed by atoms with E-state index in [0.717, 1.165) is 22.7 Å². The maximum atomic E-state index is 13.7. The summed E-state index contributed by atoms with van der Waals surface area (Å²) in [6.45, 7) is 0.0409. The lowest BCUT2D eigenvalue weighted by Gasteiger charge is -2.07. The second-order valence-corrected chi connectivity index (χ2v) is 9.08. The van der Waals surface area contributed by atoms with Gasteiger partial charge in [-0.25, -0.2) is 26.4 Å². The van der Waals surface area contributed by atoms with E-state index >= 15 is 0 Å². The standard InChI is InChI=1S/C16H12F2N4O2S3/c17-10-3-4-14(12(18)8-10)27(23,24)19-6-5-11-9-26-16-20-15(21-22(11)16)13-2-1-7-25-13/h1-4,7-9,19H,5-6H2. The van der Waals surface area contributed by atoms with Crippen LogP contribution < -0.4 is 4.72 Å². The van der Waals surface area contributed by atoms with Crippen molar-refractivity contribution in [1.82, 2.24) is 19.3 Å². The molecule has 0 unspecified atom stereocenters. The van der Waals surface area contributed by atoms with E-state index in [-0.39, 0.29) is 6.54 Å². The van der Waals surface area contributed by atoms with Gasteiger partial charge in [0.25, 0.3) is 0 Å². The quantitative estimate of drug-likeness (QED) is 0.513. The van der Waals surface area contributed by atoms with Crippen LogP contribution in [0.25, 0.3) is 15.7 Å². The van der Waals surface area contributed by atoms with Gasteiger partial charge in [-0.3, -0.25) is 0 Å². The van der Waals surface area contributed by atoms with Crippen LogP contribution >= 0.6 is 22.7 Å². The summed E-state index contributed by atoms with van der Waals surface area (Å²) in [4.78, 5) is 5.53. The fourth-order valence-electron chi connectivity index (χ4n) is 2.49. The normalized spacial score (nSPS) is 12.1. The number of hydrogen-bond donors (Lipinski definition) is 1. The molecule has 0 atom stereocenters. The number of sulfonamides is 1. The van der Waals surface area contributed by atoms with E-state index in [1.54, 1.807) is 4.52 Å². The highest BCUT2D eigenvalue weighted by atomic mass is 32.2. The van der Waals surface area contributed by atoms with E-state index in [2.05, 4.69) is 14.8 Å². The van der Waals surface area contributed by atoms with E-state index in [9.17, 15) is 17.2 Å². The smallest absolute Gasteiger partial charge is 0.211 e. The molecule has 3 aromatic heterocycles. The first-order valence-electron chi connectivity index (χ1n) is 7.76. The van der Waals surface area contributed by atoms with Gasteiger partial charge in [-0.15, -0.1) is 27.8 Å². The molecular formula is C16H12F2N4O2S3. The largest absolute Gasteiger partial charge is 0.243 e. The first-order chi connectivity index (χ1) is 12.9. The third kappa shape index (κ3) is 3.63. The van der Waals surface area contributed by atoms with E-state index < -0.39 is 26.6 Å². The molecule has 4 rings (SSSR count). The molecule has 11 heteroatoms. The number of aromatic nitrogens is 3. The van der Waals surface area contributed by atoms with Crippen molar-refractivity contribution < 1.29 is 17.2 Å². The molecule has 6 nitrogen and oxygen atoms in total. The number of nitrogens with one attached hydrogen (secondary N) is 1. The number of thiazole rings is 1. The van der Waals surface area contributed by atoms with Gasteiger partial charge in [0.2, 0.25) is 15.0 Å². The second kappa shape index (κ2) is 7.08. The molecule has 4 aromatic rings. The zero-order chi connectivity index (χ0) is 19.0.